The van der Waals surface area contributed by atoms with Crippen molar-refractivity contribution in [2.24, 2.45) is 0 Å². The van der Waals surface area contributed by atoms with Gasteiger partial charge in [0.05, 0.1) is 11.5 Å². The molecule has 0 aliphatic rings. The lowest BCUT2D eigenvalue weighted by atomic mass is 10.0. The van der Waals surface area contributed by atoms with Gasteiger partial charge in [-0.15, -0.1) is 13.2 Å². The Kier molecular flexibility index (Phi) is 8.77. The number of hydrogen-bond donors (Lipinski definition) is 4. The summed E-state index contributed by atoms with van der Waals surface area (Å²) in [5.74, 6) is -0.737. The second-order valence-electron chi connectivity index (χ2n) is 6.82. The van der Waals surface area contributed by atoms with E-state index in [2.05, 4.69) is 23.8 Å². The molecule has 0 fully saturated rings. The molecule has 0 radical (unpaired) electrons. The molecule has 4 amide bonds. The molecule has 0 aromatic heterocycles. The Hall–Kier alpha value is -3.64. The third-order valence-electron chi connectivity index (χ3n) is 4.00. The van der Waals surface area contributed by atoms with Crippen molar-refractivity contribution in [1.29, 1.82) is 0 Å². The average Bonchev–Trinajstić information content (AvgIpc) is 2.69. The van der Waals surface area contributed by atoms with E-state index in [0.29, 0.717) is 17.8 Å². The van der Waals surface area contributed by atoms with E-state index in [-0.39, 0.29) is 11.5 Å². The molecule has 0 unspecified atom stereocenters. The summed E-state index contributed by atoms with van der Waals surface area (Å²) in [6.07, 6.45) is 2.91. The lowest BCUT2D eigenvalue weighted by Gasteiger charge is -2.09. The minimum absolute atomic E-state index is 0.368. The average molecular weight is 493 g/mol. The highest BCUT2D eigenvalue weighted by atomic mass is 32.2. The highest BCUT2D eigenvalue weighted by Crippen LogP contribution is 2.16. The Morgan fingerprint density at radius 3 is 1.30 bits per heavy atom. The first-order valence-electron chi connectivity index (χ1n) is 9.54. The molecule has 12 heteroatoms. The maximum absolute atomic E-state index is 11.8. The summed E-state index contributed by atoms with van der Waals surface area (Å²) in [6, 6.07) is 11.9. The van der Waals surface area contributed by atoms with Gasteiger partial charge in [-0.1, -0.05) is 36.4 Å². The van der Waals surface area contributed by atoms with Crippen LogP contribution in [-0.4, -0.2) is 40.4 Å². The van der Waals surface area contributed by atoms with E-state index < -0.39 is 32.1 Å². The maximum atomic E-state index is 11.8. The molecule has 10 nitrogen and oxygen atoms in total. The number of rotatable bonds is 10. The van der Waals surface area contributed by atoms with Gasteiger partial charge < -0.3 is 10.6 Å². The fraction of sp³-hybridized carbons (Fsp3) is 0.143. The fourth-order valence-corrected chi connectivity index (χ4v) is 4.09. The Morgan fingerprint density at radius 1 is 0.667 bits per heavy atom. The zero-order chi connectivity index (χ0) is 24.5. The summed E-state index contributed by atoms with van der Waals surface area (Å²) in [4.78, 5) is 23.6. The Labute approximate surface area is 192 Å². The Bertz CT molecular complexity index is 1130. The smallest absolute Gasteiger partial charge is 0.307 e. The number of urea groups is 2. The summed E-state index contributed by atoms with van der Waals surface area (Å²) < 4.78 is 50.0. The van der Waals surface area contributed by atoms with Crippen molar-refractivity contribution in [2.75, 3.05) is 22.1 Å². The molecule has 0 saturated carbocycles. The van der Waals surface area contributed by atoms with Gasteiger partial charge in [0.2, 0.25) is 20.0 Å². The maximum Gasteiger partial charge on any atom is 0.332 e. The fourth-order valence-electron chi connectivity index (χ4n) is 2.64. The topological polar surface area (TPSA) is 151 Å². The van der Waals surface area contributed by atoms with Crippen molar-refractivity contribution in [3.8, 4) is 0 Å². The third-order valence-corrected chi connectivity index (χ3v) is 6.34. The first-order chi connectivity index (χ1) is 15.5. The zero-order valence-electron chi connectivity index (χ0n) is 17.6. The van der Waals surface area contributed by atoms with Crippen LogP contribution in [0.5, 0.6) is 0 Å². The minimum atomic E-state index is -3.77. The van der Waals surface area contributed by atoms with Crippen LogP contribution in [0.25, 0.3) is 0 Å². The molecule has 2 rings (SSSR count). The molecule has 0 aliphatic carbocycles. The molecule has 176 valence electrons. The van der Waals surface area contributed by atoms with Crippen LogP contribution >= 0.6 is 0 Å². The van der Waals surface area contributed by atoms with Gasteiger partial charge in [-0.3, -0.25) is 0 Å². The molecule has 0 heterocycles. The molecule has 2 aromatic rings. The Balaban J connectivity index is 1.91. The molecule has 33 heavy (non-hydrogen) atoms. The van der Waals surface area contributed by atoms with E-state index in [1.54, 1.807) is 48.5 Å². The van der Waals surface area contributed by atoms with E-state index in [1.807, 2.05) is 9.44 Å². The predicted molar refractivity (Wildman–Crippen MR) is 128 cm³/mol. The van der Waals surface area contributed by atoms with Gasteiger partial charge in [0.1, 0.15) is 0 Å². The molecule has 0 bridgehead atoms. The Morgan fingerprint density at radius 2 is 1.00 bits per heavy atom. The van der Waals surface area contributed by atoms with Gasteiger partial charge in [0.25, 0.3) is 0 Å². The van der Waals surface area contributed by atoms with Gasteiger partial charge >= 0.3 is 12.1 Å². The van der Waals surface area contributed by atoms with Gasteiger partial charge in [0.15, 0.2) is 0 Å². The van der Waals surface area contributed by atoms with Crippen LogP contribution in [0.4, 0.5) is 21.0 Å². The summed E-state index contributed by atoms with van der Waals surface area (Å²) in [7, 11) is -7.53. The van der Waals surface area contributed by atoms with Crippen molar-refractivity contribution in [2.45, 2.75) is 6.42 Å². The molecule has 4 N–H and O–H groups in total. The summed E-state index contributed by atoms with van der Waals surface area (Å²) in [6.45, 7) is 6.64. The lowest BCUT2D eigenvalue weighted by Crippen LogP contribution is -2.35. The van der Waals surface area contributed by atoms with Gasteiger partial charge in [-0.2, -0.15) is 0 Å². The van der Waals surface area contributed by atoms with E-state index >= 15 is 0 Å². The van der Waals surface area contributed by atoms with Gasteiger partial charge in [-0.05, 0) is 41.8 Å². The number of benzene rings is 2. The second-order valence-corrected chi connectivity index (χ2v) is 10.4. The second kappa shape index (κ2) is 11.3. The van der Waals surface area contributed by atoms with Crippen molar-refractivity contribution in [3.63, 3.8) is 0 Å². The van der Waals surface area contributed by atoms with Crippen molar-refractivity contribution in [3.05, 3.63) is 85.0 Å². The van der Waals surface area contributed by atoms with E-state index in [1.165, 1.54) is 12.2 Å². The standard InChI is InChI=1S/C21H24N4O6S2/c1-3-13-32(28,29)24-20(26)22-18-9-5-16(6-10-18)15-17-7-11-19(12-8-17)23-21(27)25-33(30,31)14-4-2/h3-12H,1-2,13-15H2,(H2,22,24,26)(H2,23,25,27). The number of anilines is 2. The number of amides is 4. The van der Waals surface area contributed by atoms with Gasteiger partial charge in [0, 0.05) is 11.4 Å². The molecule has 0 atom stereocenters. The molecule has 2 aromatic carbocycles. The largest absolute Gasteiger partial charge is 0.332 e. The third kappa shape index (κ3) is 9.17. The number of nitrogens with one attached hydrogen (secondary N) is 4. The minimum Gasteiger partial charge on any atom is -0.307 e. The van der Waals surface area contributed by atoms with Crippen LogP contribution < -0.4 is 20.1 Å². The predicted octanol–water partition coefficient (Wildman–Crippen LogP) is 2.55. The zero-order valence-corrected chi connectivity index (χ0v) is 19.2. The molecule has 0 aliphatic heterocycles. The summed E-state index contributed by atoms with van der Waals surface area (Å²) in [5, 5.41) is 4.88. The number of sulfonamides is 2. The number of hydrogen-bond acceptors (Lipinski definition) is 6. The highest BCUT2D eigenvalue weighted by molar-refractivity contribution is 7.90. The van der Waals surface area contributed by atoms with E-state index in [9.17, 15) is 26.4 Å². The monoisotopic (exact) mass is 492 g/mol. The quantitative estimate of drug-likeness (QED) is 0.374. The van der Waals surface area contributed by atoms with Crippen LogP contribution in [-0.2, 0) is 26.5 Å². The molecular weight excluding hydrogens is 468 g/mol. The van der Waals surface area contributed by atoms with Gasteiger partial charge in [-0.25, -0.2) is 35.9 Å². The van der Waals surface area contributed by atoms with E-state index in [0.717, 1.165) is 11.1 Å². The lowest BCUT2D eigenvalue weighted by molar-refractivity contribution is 0.255. The van der Waals surface area contributed by atoms with Crippen molar-refractivity contribution < 1.29 is 26.4 Å². The number of carbonyl (C=O) groups excluding carboxylic acids is 2. The first kappa shape index (κ1) is 25.6. The normalized spacial score (nSPS) is 11.2. The summed E-state index contributed by atoms with van der Waals surface area (Å²) in [5.41, 5.74) is 2.69. The molecular formula is C21H24N4O6S2. The van der Waals surface area contributed by atoms with Crippen molar-refractivity contribution in [1.82, 2.24) is 9.44 Å². The van der Waals surface area contributed by atoms with Crippen LogP contribution in [0.2, 0.25) is 0 Å². The molecule has 0 saturated heterocycles. The first-order valence-corrected chi connectivity index (χ1v) is 12.8. The van der Waals surface area contributed by atoms with Crippen LogP contribution in [0.15, 0.2) is 73.8 Å². The van der Waals surface area contributed by atoms with Crippen LogP contribution in [0, 0.1) is 0 Å². The van der Waals surface area contributed by atoms with Crippen LogP contribution in [0.3, 0.4) is 0 Å². The molecule has 0 spiro atoms. The SMILES string of the molecule is C=CCS(=O)(=O)NC(=O)Nc1ccc(Cc2ccc(NC(=O)NS(=O)(=O)CC=C)cc2)cc1. The highest BCUT2D eigenvalue weighted by Gasteiger charge is 2.13. The number of carbonyl (C=O) groups is 2. The van der Waals surface area contributed by atoms with E-state index in [4.69, 9.17) is 0 Å². The van der Waals surface area contributed by atoms with Crippen molar-refractivity contribution >= 4 is 43.5 Å². The van der Waals surface area contributed by atoms with Crippen LogP contribution in [0.1, 0.15) is 11.1 Å². The summed E-state index contributed by atoms with van der Waals surface area (Å²) >= 11 is 0.